The van der Waals surface area contributed by atoms with Gasteiger partial charge in [-0.2, -0.15) is 0 Å². The van der Waals surface area contributed by atoms with Gasteiger partial charge in [0.1, 0.15) is 0 Å². The molecule has 0 aliphatic heterocycles. The number of aromatic nitrogens is 2. The Morgan fingerprint density at radius 2 is 1.78 bits per heavy atom. The second-order valence-electron chi connectivity index (χ2n) is 6.11. The van der Waals surface area contributed by atoms with Crippen LogP contribution in [0.1, 0.15) is 0 Å². The Labute approximate surface area is 161 Å². The van der Waals surface area contributed by atoms with Crippen LogP contribution in [0.25, 0.3) is 27.7 Å². The number of fused-ring (bicyclic) bond motifs is 2. The predicted octanol–water partition coefficient (Wildman–Crippen LogP) is 2.76. The maximum atomic E-state index is 11.6. The van der Waals surface area contributed by atoms with Gasteiger partial charge in [-0.05, 0) is 0 Å². The molecule has 0 atom stereocenters. The summed E-state index contributed by atoms with van der Waals surface area (Å²) in [7, 11) is 0. The van der Waals surface area contributed by atoms with Crippen molar-refractivity contribution in [1.29, 1.82) is 0 Å². The van der Waals surface area contributed by atoms with Crippen LogP contribution in [-0.4, -0.2) is 24.3 Å². The summed E-state index contributed by atoms with van der Waals surface area (Å²) in [6, 6.07) is 24.0. The van der Waals surface area contributed by atoms with Gasteiger partial charge in [-0.15, -0.1) is 0 Å². The third kappa shape index (κ3) is 2.87. The van der Waals surface area contributed by atoms with Crippen LogP contribution in [-0.2, 0) is 0 Å². The molecule has 3 aromatic heterocycles. The van der Waals surface area contributed by atoms with E-state index < -0.39 is 0 Å². The van der Waals surface area contributed by atoms with E-state index in [2.05, 4.69) is 40.8 Å². The molecular weight excluding hydrogens is 403 g/mol. The van der Waals surface area contributed by atoms with Crippen LogP contribution in [0.15, 0.2) is 94.5 Å². The monoisotopic (exact) mass is 418 g/mol. The summed E-state index contributed by atoms with van der Waals surface area (Å²) < 4.78 is 9.07. The van der Waals surface area contributed by atoms with E-state index >= 15 is 0 Å². The molecule has 0 saturated carbocycles. The number of hydrogen-bond acceptors (Lipinski definition) is 3. The molecule has 3 heterocycles. The molecule has 0 saturated heterocycles. The van der Waals surface area contributed by atoms with Crippen molar-refractivity contribution >= 4 is 40.4 Å². The molecule has 5 rings (SSSR count). The molecule has 0 N–H and O–H groups in total. The number of pyridine rings is 1. The molecule has 0 amide bonds. The predicted molar refractivity (Wildman–Crippen MR) is 108 cm³/mol. The molecule has 5 heteroatoms. The fourth-order valence-corrected chi connectivity index (χ4v) is 5.33. The summed E-state index contributed by atoms with van der Waals surface area (Å²) in [6.45, 7) is 0. The van der Waals surface area contributed by atoms with Gasteiger partial charge in [0.05, 0.1) is 0 Å². The van der Waals surface area contributed by atoms with Crippen LogP contribution >= 0.6 is 0 Å². The molecule has 5 aromatic rings. The topological polar surface area (TPSA) is 47.5 Å². The number of hydrogen-bond donors (Lipinski definition) is 0. The average molecular weight is 417 g/mol. The maximum absolute atomic E-state index is 11.6. The normalized spacial score (nSPS) is 11.3. The molecule has 2 aromatic carbocycles. The van der Waals surface area contributed by atoms with Crippen molar-refractivity contribution in [1.82, 2.24) is 9.38 Å². The third-order valence-corrected chi connectivity index (χ3v) is 6.67. The zero-order valence-corrected chi connectivity index (χ0v) is 15.9. The fraction of sp³-hybridized carbons (Fsp3) is 0. The first-order chi connectivity index (χ1) is 13.3. The van der Waals surface area contributed by atoms with Crippen LogP contribution < -0.4 is 14.7 Å². The van der Waals surface area contributed by atoms with Crippen LogP contribution in [0.3, 0.4) is 0 Å². The second kappa shape index (κ2) is 6.54. The Morgan fingerprint density at radius 3 is 2.70 bits per heavy atom. The minimum atomic E-state index is -0.324. The van der Waals surface area contributed by atoms with E-state index in [-0.39, 0.29) is 20.6 Å². The molecule has 0 bridgehead atoms. The Balaban J connectivity index is 1.78. The summed E-state index contributed by atoms with van der Waals surface area (Å²) in [6.07, 6.45) is 3.49. The quantitative estimate of drug-likeness (QED) is 0.424. The zero-order valence-electron chi connectivity index (χ0n) is 14.2. The molecule has 0 fully saturated rings. The molecule has 0 aliphatic rings. The molecular formula is C22H14N2O2Se. The van der Waals surface area contributed by atoms with Crippen molar-refractivity contribution in [3.05, 3.63) is 95.7 Å². The summed E-state index contributed by atoms with van der Waals surface area (Å²) >= 11 is -0.0943. The molecule has 0 spiro atoms. The molecule has 0 aliphatic carbocycles. The van der Waals surface area contributed by atoms with Crippen LogP contribution in [0.4, 0.5) is 0 Å². The zero-order chi connectivity index (χ0) is 18.2. The first-order valence-electron chi connectivity index (χ1n) is 8.51. The van der Waals surface area contributed by atoms with Crippen molar-refractivity contribution in [2.45, 2.75) is 0 Å². The fourth-order valence-electron chi connectivity index (χ4n) is 3.22. The van der Waals surface area contributed by atoms with E-state index in [1.54, 1.807) is 6.07 Å². The first kappa shape index (κ1) is 16.1. The number of nitrogens with zero attached hydrogens (tertiary/aromatic N) is 2. The Bertz CT molecular complexity index is 1330. The van der Waals surface area contributed by atoms with Crippen LogP contribution in [0, 0.1) is 0 Å². The Morgan fingerprint density at radius 1 is 0.926 bits per heavy atom. The van der Waals surface area contributed by atoms with Gasteiger partial charge in [-0.25, -0.2) is 0 Å². The Kier molecular flexibility index (Phi) is 3.89. The van der Waals surface area contributed by atoms with Gasteiger partial charge in [-0.1, -0.05) is 0 Å². The van der Waals surface area contributed by atoms with E-state index in [0.717, 1.165) is 26.0 Å². The standard InChI is InChI=1S/C22H14N2O2Se/c25-20-14-16(11-13-26-20)27-22-21(23-19-10-3-4-12-24(19)22)18-9-5-7-15-6-1-2-8-17(15)18/h1-14H. The van der Waals surface area contributed by atoms with Crippen molar-refractivity contribution in [3.8, 4) is 11.3 Å². The van der Waals surface area contributed by atoms with Crippen molar-refractivity contribution < 1.29 is 4.42 Å². The number of rotatable bonds is 3. The summed E-state index contributed by atoms with van der Waals surface area (Å²) in [4.78, 5) is 16.6. The van der Waals surface area contributed by atoms with E-state index in [4.69, 9.17) is 9.40 Å². The van der Waals surface area contributed by atoms with Gasteiger partial charge < -0.3 is 0 Å². The molecule has 4 nitrogen and oxygen atoms in total. The molecule has 27 heavy (non-hydrogen) atoms. The van der Waals surface area contributed by atoms with Crippen molar-refractivity contribution in [2.24, 2.45) is 0 Å². The van der Waals surface area contributed by atoms with Crippen LogP contribution in [0.5, 0.6) is 0 Å². The molecule has 0 unspecified atom stereocenters. The molecule has 0 radical (unpaired) electrons. The van der Waals surface area contributed by atoms with E-state index in [1.807, 2.05) is 36.5 Å². The van der Waals surface area contributed by atoms with Crippen molar-refractivity contribution in [2.75, 3.05) is 0 Å². The van der Waals surface area contributed by atoms with Gasteiger partial charge in [0.25, 0.3) is 0 Å². The van der Waals surface area contributed by atoms with Crippen LogP contribution in [0.2, 0.25) is 0 Å². The summed E-state index contributed by atoms with van der Waals surface area (Å²) in [5.74, 6) is 0. The summed E-state index contributed by atoms with van der Waals surface area (Å²) in [5, 5.41) is 2.36. The Hall–Kier alpha value is -3.14. The van der Waals surface area contributed by atoms with Crippen molar-refractivity contribution in [3.63, 3.8) is 0 Å². The van der Waals surface area contributed by atoms with Gasteiger partial charge in [0.2, 0.25) is 0 Å². The van der Waals surface area contributed by atoms with Gasteiger partial charge in [-0.3, -0.25) is 0 Å². The third-order valence-electron chi connectivity index (χ3n) is 4.42. The van der Waals surface area contributed by atoms with Gasteiger partial charge in [0.15, 0.2) is 0 Å². The van der Waals surface area contributed by atoms with Gasteiger partial charge in [0, 0.05) is 0 Å². The van der Waals surface area contributed by atoms with E-state index in [1.165, 1.54) is 17.0 Å². The van der Waals surface area contributed by atoms with E-state index in [9.17, 15) is 4.79 Å². The number of benzene rings is 2. The minimum absolute atomic E-state index is 0.0943. The van der Waals surface area contributed by atoms with E-state index in [0.29, 0.717) is 0 Å². The number of imidazole rings is 1. The average Bonchev–Trinajstić information content (AvgIpc) is 3.06. The summed E-state index contributed by atoms with van der Waals surface area (Å²) in [5.41, 5.74) is 2.65. The molecule has 130 valence electrons. The first-order valence-corrected chi connectivity index (χ1v) is 10.2. The second-order valence-corrected chi connectivity index (χ2v) is 8.34. The van der Waals surface area contributed by atoms with Gasteiger partial charge >= 0.3 is 161 Å². The SMILES string of the molecule is O=c1cc([Se]c2c(-c3cccc4ccccc34)nc3ccccn23)cco1.